The summed E-state index contributed by atoms with van der Waals surface area (Å²) in [5, 5.41) is 2.22. The van der Waals surface area contributed by atoms with Crippen LogP contribution in [-0.2, 0) is 10.0 Å². The van der Waals surface area contributed by atoms with Gasteiger partial charge in [-0.25, -0.2) is 26.3 Å². The first-order valence-corrected chi connectivity index (χ1v) is 8.32. The molecular weight excluding hydrogens is 321 g/mol. The van der Waals surface area contributed by atoms with Crippen LogP contribution in [0.2, 0.25) is 0 Å². The molecule has 1 rings (SSSR count). The Bertz CT molecular complexity index is 636. The first-order chi connectivity index (χ1) is 10.3. The Kier molecular flexibility index (Phi) is 6.82. The van der Waals surface area contributed by atoms with Gasteiger partial charge < -0.3 is 5.32 Å². The molecule has 0 fully saturated rings. The number of halogens is 3. The SMILES string of the molecule is CCCCS(=O)(=O)NCCNC(=O)c1ccc(F)c(F)c1F. The van der Waals surface area contributed by atoms with Crippen LogP contribution in [0.4, 0.5) is 13.2 Å². The van der Waals surface area contributed by atoms with Gasteiger partial charge in [0.1, 0.15) is 0 Å². The standard InChI is InChI=1S/C13H17F3N2O3S/c1-2-3-8-22(20,21)18-7-6-17-13(19)9-4-5-10(14)12(16)11(9)15/h4-5,18H,2-3,6-8H2,1H3,(H,17,19). The molecule has 0 aromatic heterocycles. The van der Waals surface area contributed by atoms with Gasteiger partial charge in [0, 0.05) is 13.1 Å². The Morgan fingerprint density at radius 3 is 2.45 bits per heavy atom. The summed E-state index contributed by atoms with van der Waals surface area (Å²) in [4.78, 5) is 11.6. The molecule has 2 N–H and O–H groups in total. The molecule has 1 aromatic carbocycles. The molecule has 0 saturated carbocycles. The minimum atomic E-state index is -3.41. The van der Waals surface area contributed by atoms with Gasteiger partial charge in [-0.15, -0.1) is 0 Å². The molecule has 0 aliphatic heterocycles. The molecule has 0 aliphatic carbocycles. The third-order valence-electron chi connectivity index (χ3n) is 2.78. The average molecular weight is 338 g/mol. The van der Waals surface area contributed by atoms with Gasteiger partial charge >= 0.3 is 0 Å². The van der Waals surface area contributed by atoms with E-state index in [1.807, 2.05) is 6.92 Å². The monoisotopic (exact) mass is 338 g/mol. The van der Waals surface area contributed by atoms with E-state index in [4.69, 9.17) is 0 Å². The molecule has 1 aromatic rings. The first-order valence-electron chi connectivity index (χ1n) is 6.67. The summed E-state index contributed by atoms with van der Waals surface area (Å²) in [5.74, 6) is -5.68. The number of hydrogen-bond acceptors (Lipinski definition) is 3. The van der Waals surface area contributed by atoms with Gasteiger partial charge in [-0.2, -0.15) is 0 Å². The van der Waals surface area contributed by atoms with E-state index >= 15 is 0 Å². The van der Waals surface area contributed by atoms with Crippen molar-refractivity contribution in [3.63, 3.8) is 0 Å². The van der Waals surface area contributed by atoms with Crippen LogP contribution in [0.5, 0.6) is 0 Å². The number of amides is 1. The summed E-state index contributed by atoms with van der Waals surface area (Å²) in [5.41, 5.74) is -0.646. The van der Waals surface area contributed by atoms with Gasteiger partial charge in [0.2, 0.25) is 10.0 Å². The zero-order chi connectivity index (χ0) is 16.8. The number of nitrogens with one attached hydrogen (secondary N) is 2. The molecule has 0 aliphatic rings. The first kappa shape index (κ1) is 18.4. The fourth-order valence-electron chi connectivity index (χ4n) is 1.59. The van der Waals surface area contributed by atoms with Crippen molar-refractivity contribution in [1.29, 1.82) is 0 Å². The fourth-order valence-corrected chi connectivity index (χ4v) is 2.81. The number of unbranched alkanes of at least 4 members (excludes halogenated alkanes) is 1. The highest BCUT2D eigenvalue weighted by atomic mass is 32.2. The second-order valence-corrected chi connectivity index (χ2v) is 6.47. The molecular formula is C13H17F3N2O3S. The largest absolute Gasteiger partial charge is 0.351 e. The molecule has 124 valence electrons. The van der Waals surface area contributed by atoms with E-state index < -0.39 is 38.9 Å². The molecule has 0 heterocycles. The molecule has 0 spiro atoms. The average Bonchev–Trinajstić information content (AvgIpc) is 2.47. The lowest BCUT2D eigenvalue weighted by Crippen LogP contribution is -2.36. The van der Waals surface area contributed by atoms with E-state index in [0.29, 0.717) is 12.5 Å². The smallest absolute Gasteiger partial charge is 0.254 e. The van der Waals surface area contributed by atoms with Crippen molar-refractivity contribution in [1.82, 2.24) is 10.0 Å². The normalized spacial score (nSPS) is 11.5. The minimum Gasteiger partial charge on any atom is -0.351 e. The Hall–Kier alpha value is -1.61. The van der Waals surface area contributed by atoms with Gasteiger partial charge in [-0.05, 0) is 18.6 Å². The molecule has 0 saturated heterocycles. The van der Waals surface area contributed by atoms with Crippen LogP contribution in [0.1, 0.15) is 30.1 Å². The number of hydrogen-bond donors (Lipinski definition) is 2. The molecule has 5 nitrogen and oxygen atoms in total. The van der Waals surface area contributed by atoms with E-state index in [9.17, 15) is 26.4 Å². The lowest BCUT2D eigenvalue weighted by atomic mass is 10.2. The van der Waals surface area contributed by atoms with Crippen molar-refractivity contribution >= 4 is 15.9 Å². The number of sulfonamides is 1. The molecule has 0 bridgehead atoms. The fraction of sp³-hybridized carbons (Fsp3) is 0.462. The third kappa shape index (κ3) is 5.30. The van der Waals surface area contributed by atoms with Crippen LogP contribution in [-0.4, -0.2) is 33.2 Å². The summed E-state index contributed by atoms with van der Waals surface area (Å²) < 4.78 is 64.3. The predicted octanol–water partition coefficient (Wildman–Crippen LogP) is 1.55. The van der Waals surface area contributed by atoms with E-state index in [1.165, 1.54) is 0 Å². The van der Waals surface area contributed by atoms with Crippen LogP contribution in [0, 0.1) is 17.5 Å². The van der Waals surface area contributed by atoms with Crippen molar-refractivity contribution < 1.29 is 26.4 Å². The Balaban J connectivity index is 2.49. The number of carbonyl (C=O) groups excluding carboxylic acids is 1. The Labute approximate surface area is 127 Å². The van der Waals surface area contributed by atoms with Gasteiger partial charge in [0.25, 0.3) is 5.91 Å². The highest BCUT2D eigenvalue weighted by molar-refractivity contribution is 7.89. The third-order valence-corrected chi connectivity index (χ3v) is 4.25. The van der Waals surface area contributed by atoms with E-state index in [-0.39, 0.29) is 18.8 Å². The topological polar surface area (TPSA) is 75.3 Å². The maximum absolute atomic E-state index is 13.4. The van der Waals surface area contributed by atoms with Gasteiger partial charge in [0.05, 0.1) is 11.3 Å². The van der Waals surface area contributed by atoms with E-state index in [1.54, 1.807) is 0 Å². The maximum atomic E-state index is 13.4. The minimum absolute atomic E-state index is 0.0186. The number of benzene rings is 1. The predicted molar refractivity (Wildman–Crippen MR) is 75.3 cm³/mol. The molecule has 0 radical (unpaired) electrons. The van der Waals surface area contributed by atoms with E-state index in [2.05, 4.69) is 10.0 Å². The summed E-state index contributed by atoms with van der Waals surface area (Å²) in [7, 11) is -3.41. The molecule has 1 amide bonds. The zero-order valence-corrected chi connectivity index (χ0v) is 12.8. The van der Waals surface area contributed by atoms with Crippen LogP contribution in [0.3, 0.4) is 0 Å². The number of rotatable bonds is 8. The Morgan fingerprint density at radius 2 is 1.82 bits per heavy atom. The van der Waals surface area contributed by atoms with Crippen molar-refractivity contribution in [3.8, 4) is 0 Å². The molecule has 0 unspecified atom stereocenters. The molecule has 0 atom stereocenters. The van der Waals surface area contributed by atoms with Crippen LogP contribution < -0.4 is 10.0 Å². The lowest BCUT2D eigenvalue weighted by Gasteiger charge is -2.08. The molecule has 22 heavy (non-hydrogen) atoms. The quantitative estimate of drug-likeness (QED) is 0.558. The zero-order valence-electron chi connectivity index (χ0n) is 12.0. The summed E-state index contributed by atoms with van der Waals surface area (Å²) in [6.45, 7) is 1.66. The number of carbonyl (C=O) groups is 1. The Morgan fingerprint density at radius 1 is 1.14 bits per heavy atom. The summed E-state index contributed by atoms with van der Waals surface area (Å²) in [6.07, 6.45) is 1.24. The van der Waals surface area contributed by atoms with Crippen molar-refractivity contribution in [3.05, 3.63) is 35.1 Å². The van der Waals surface area contributed by atoms with Gasteiger partial charge in [0.15, 0.2) is 17.5 Å². The van der Waals surface area contributed by atoms with Crippen LogP contribution in [0.15, 0.2) is 12.1 Å². The molecule has 9 heteroatoms. The van der Waals surface area contributed by atoms with Crippen molar-refractivity contribution in [2.75, 3.05) is 18.8 Å². The summed E-state index contributed by atoms with van der Waals surface area (Å²) in [6, 6.07) is 1.45. The van der Waals surface area contributed by atoms with Crippen molar-refractivity contribution in [2.24, 2.45) is 0 Å². The lowest BCUT2D eigenvalue weighted by molar-refractivity contribution is 0.0949. The second kappa shape index (κ2) is 8.14. The highest BCUT2D eigenvalue weighted by Crippen LogP contribution is 2.14. The second-order valence-electron chi connectivity index (χ2n) is 4.55. The van der Waals surface area contributed by atoms with Crippen LogP contribution in [0.25, 0.3) is 0 Å². The van der Waals surface area contributed by atoms with Gasteiger partial charge in [-0.1, -0.05) is 13.3 Å². The highest BCUT2D eigenvalue weighted by Gasteiger charge is 2.18. The maximum Gasteiger partial charge on any atom is 0.254 e. The van der Waals surface area contributed by atoms with E-state index in [0.717, 1.165) is 12.5 Å². The summed E-state index contributed by atoms with van der Waals surface area (Å²) >= 11 is 0. The van der Waals surface area contributed by atoms with Gasteiger partial charge in [-0.3, -0.25) is 4.79 Å². The van der Waals surface area contributed by atoms with Crippen molar-refractivity contribution in [2.45, 2.75) is 19.8 Å². The van der Waals surface area contributed by atoms with Crippen LogP contribution >= 0.6 is 0 Å².